The zero-order chi connectivity index (χ0) is 16.6. The van der Waals surface area contributed by atoms with E-state index in [1.165, 1.54) is 5.56 Å². The van der Waals surface area contributed by atoms with Gasteiger partial charge in [-0.2, -0.15) is 10.2 Å². The molecule has 0 spiro atoms. The van der Waals surface area contributed by atoms with Gasteiger partial charge in [-0.05, 0) is 47.9 Å². The summed E-state index contributed by atoms with van der Waals surface area (Å²) >= 11 is 0. The van der Waals surface area contributed by atoms with Gasteiger partial charge in [0.1, 0.15) is 0 Å². The van der Waals surface area contributed by atoms with Crippen LogP contribution in [0.1, 0.15) is 11.1 Å². The van der Waals surface area contributed by atoms with Crippen molar-refractivity contribution in [1.82, 2.24) is 0 Å². The number of nitrogens with zero attached hydrogens (tertiary/aromatic N) is 2. The average molecular weight is 313 g/mol. The molecule has 3 rings (SSSR count). The van der Waals surface area contributed by atoms with E-state index in [-0.39, 0.29) is 0 Å². The molecule has 0 fully saturated rings. The van der Waals surface area contributed by atoms with E-state index in [1.807, 2.05) is 66.7 Å². The second kappa shape index (κ2) is 7.88. The van der Waals surface area contributed by atoms with Crippen molar-refractivity contribution < 1.29 is 0 Å². The minimum atomic E-state index is 0.733. The minimum absolute atomic E-state index is 0.733. The number of nitrogen functional groups attached to an aromatic ring is 1. The summed E-state index contributed by atoms with van der Waals surface area (Å²) in [5.41, 5.74) is 10.6. The molecule has 0 amide bonds. The summed E-state index contributed by atoms with van der Waals surface area (Å²) in [6, 6.07) is 25.6. The Kier molecular flexibility index (Phi) is 5.15. The lowest BCUT2D eigenvalue weighted by Gasteiger charge is -2.04. The molecule has 0 saturated heterocycles. The Morgan fingerprint density at radius 3 is 2.25 bits per heavy atom. The fourth-order valence-corrected chi connectivity index (χ4v) is 2.36. The molecular formula is C21H19N3. The highest BCUT2D eigenvalue weighted by molar-refractivity contribution is 5.57. The first-order valence-corrected chi connectivity index (χ1v) is 7.88. The lowest BCUT2D eigenvalue weighted by molar-refractivity contribution is 1.18. The fraction of sp³-hybridized carbons (Fsp3) is 0.0476. The molecular weight excluding hydrogens is 294 g/mol. The Balaban J connectivity index is 1.78. The Morgan fingerprint density at radius 2 is 1.50 bits per heavy atom. The van der Waals surface area contributed by atoms with Gasteiger partial charge in [-0.3, -0.25) is 0 Å². The molecule has 0 radical (unpaired) electrons. The van der Waals surface area contributed by atoms with Gasteiger partial charge in [0, 0.05) is 5.69 Å². The van der Waals surface area contributed by atoms with Crippen LogP contribution in [0.25, 0.3) is 6.08 Å². The van der Waals surface area contributed by atoms with Gasteiger partial charge in [0.25, 0.3) is 0 Å². The van der Waals surface area contributed by atoms with Crippen LogP contribution in [0.4, 0.5) is 17.1 Å². The maximum absolute atomic E-state index is 5.92. The summed E-state index contributed by atoms with van der Waals surface area (Å²) in [7, 11) is 0. The number of azo groups is 1. The number of allylic oxidation sites excluding steroid dienone is 1. The molecule has 3 nitrogen and oxygen atoms in total. The normalized spacial score (nSPS) is 11.3. The van der Waals surface area contributed by atoms with E-state index in [0.29, 0.717) is 0 Å². The molecule has 0 atom stereocenters. The van der Waals surface area contributed by atoms with Gasteiger partial charge < -0.3 is 5.73 Å². The average Bonchev–Trinajstić information content (AvgIpc) is 2.63. The van der Waals surface area contributed by atoms with Crippen molar-refractivity contribution in [3.8, 4) is 0 Å². The van der Waals surface area contributed by atoms with Gasteiger partial charge >= 0.3 is 0 Å². The summed E-state index contributed by atoms with van der Waals surface area (Å²) in [6.45, 7) is 0. The van der Waals surface area contributed by atoms with Crippen molar-refractivity contribution in [3.63, 3.8) is 0 Å². The molecule has 3 heteroatoms. The molecule has 3 aromatic carbocycles. The molecule has 3 aromatic rings. The van der Waals surface area contributed by atoms with Crippen LogP contribution in [-0.2, 0) is 6.42 Å². The van der Waals surface area contributed by atoms with E-state index in [1.54, 1.807) is 0 Å². The van der Waals surface area contributed by atoms with Crippen molar-refractivity contribution in [1.29, 1.82) is 0 Å². The number of benzene rings is 3. The summed E-state index contributed by atoms with van der Waals surface area (Å²) < 4.78 is 0. The zero-order valence-corrected chi connectivity index (χ0v) is 13.3. The van der Waals surface area contributed by atoms with Crippen LogP contribution >= 0.6 is 0 Å². The van der Waals surface area contributed by atoms with Crippen LogP contribution in [0.15, 0.2) is 95.2 Å². The van der Waals surface area contributed by atoms with Gasteiger partial charge in [-0.25, -0.2) is 0 Å². The maximum Gasteiger partial charge on any atom is 0.0893 e. The van der Waals surface area contributed by atoms with E-state index >= 15 is 0 Å². The number of hydrogen-bond donors (Lipinski definition) is 1. The van der Waals surface area contributed by atoms with Crippen molar-refractivity contribution in [2.75, 3.05) is 5.73 Å². The van der Waals surface area contributed by atoms with E-state index < -0.39 is 0 Å². The minimum Gasteiger partial charge on any atom is -0.399 e. The van der Waals surface area contributed by atoms with Crippen LogP contribution < -0.4 is 5.73 Å². The first kappa shape index (κ1) is 15.7. The molecule has 0 unspecified atom stereocenters. The lowest BCUT2D eigenvalue weighted by atomic mass is 10.1. The Morgan fingerprint density at radius 1 is 0.792 bits per heavy atom. The predicted molar refractivity (Wildman–Crippen MR) is 101 cm³/mol. The number of anilines is 1. The molecule has 0 bridgehead atoms. The highest BCUT2D eigenvalue weighted by Crippen LogP contribution is 2.25. The zero-order valence-electron chi connectivity index (χ0n) is 13.3. The summed E-state index contributed by atoms with van der Waals surface area (Å²) in [5, 5.41) is 8.67. The third-order valence-electron chi connectivity index (χ3n) is 3.58. The number of rotatable bonds is 5. The molecule has 24 heavy (non-hydrogen) atoms. The number of nitrogens with two attached hydrogens (primary N) is 1. The first-order valence-electron chi connectivity index (χ1n) is 7.88. The predicted octanol–water partition coefficient (Wildman–Crippen LogP) is 5.94. The van der Waals surface area contributed by atoms with Crippen LogP contribution in [0, 0.1) is 0 Å². The summed E-state index contributed by atoms with van der Waals surface area (Å²) in [6.07, 6.45) is 4.97. The smallest absolute Gasteiger partial charge is 0.0893 e. The molecule has 0 aromatic heterocycles. The van der Waals surface area contributed by atoms with Crippen LogP contribution in [0.5, 0.6) is 0 Å². The largest absolute Gasteiger partial charge is 0.399 e. The SMILES string of the molecule is Nc1ccc(N=Nc2ccccc2)c(CC=Cc2ccccc2)c1. The Labute approximate surface area is 142 Å². The topological polar surface area (TPSA) is 50.7 Å². The molecule has 0 aliphatic heterocycles. The second-order valence-electron chi connectivity index (χ2n) is 5.44. The van der Waals surface area contributed by atoms with Gasteiger partial charge in [0.2, 0.25) is 0 Å². The maximum atomic E-state index is 5.92. The van der Waals surface area contributed by atoms with Crippen LogP contribution in [0.2, 0.25) is 0 Å². The molecule has 0 saturated carbocycles. The van der Waals surface area contributed by atoms with Crippen molar-refractivity contribution >= 4 is 23.1 Å². The van der Waals surface area contributed by atoms with E-state index in [4.69, 9.17) is 5.73 Å². The molecule has 2 N–H and O–H groups in total. The highest BCUT2D eigenvalue weighted by Gasteiger charge is 2.01. The second-order valence-corrected chi connectivity index (χ2v) is 5.44. The molecule has 0 aliphatic carbocycles. The fourth-order valence-electron chi connectivity index (χ4n) is 2.36. The summed E-state index contributed by atoms with van der Waals surface area (Å²) in [5.74, 6) is 0. The van der Waals surface area contributed by atoms with Crippen molar-refractivity contribution in [3.05, 3.63) is 96.1 Å². The summed E-state index contributed by atoms with van der Waals surface area (Å²) in [4.78, 5) is 0. The van der Waals surface area contributed by atoms with E-state index in [9.17, 15) is 0 Å². The quantitative estimate of drug-likeness (QED) is 0.460. The van der Waals surface area contributed by atoms with Crippen LogP contribution in [-0.4, -0.2) is 0 Å². The first-order chi connectivity index (χ1) is 11.8. The van der Waals surface area contributed by atoms with Gasteiger partial charge in [0.15, 0.2) is 0 Å². The standard InChI is InChI=1S/C21H19N3/c22-19-14-15-21(24-23-20-12-5-2-6-13-20)18(16-19)11-7-10-17-8-3-1-4-9-17/h1-10,12-16H,11,22H2. The Bertz CT molecular complexity index is 837. The molecule has 0 heterocycles. The van der Waals surface area contributed by atoms with Gasteiger partial charge in [-0.15, -0.1) is 0 Å². The van der Waals surface area contributed by atoms with Gasteiger partial charge in [0.05, 0.1) is 11.4 Å². The third-order valence-corrected chi connectivity index (χ3v) is 3.58. The molecule has 118 valence electrons. The lowest BCUT2D eigenvalue weighted by Crippen LogP contribution is -1.88. The van der Waals surface area contributed by atoms with Crippen molar-refractivity contribution in [2.24, 2.45) is 10.2 Å². The monoisotopic (exact) mass is 313 g/mol. The number of hydrogen-bond acceptors (Lipinski definition) is 3. The highest BCUT2D eigenvalue weighted by atomic mass is 15.1. The van der Waals surface area contributed by atoms with E-state index in [0.717, 1.165) is 29.0 Å². The third kappa shape index (κ3) is 4.40. The van der Waals surface area contributed by atoms with Gasteiger partial charge in [-0.1, -0.05) is 60.7 Å². The molecule has 0 aliphatic rings. The Hall–Kier alpha value is -3.20. The van der Waals surface area contributed by atoms with Crippen molar-refractivity contribution in [2.45, 2.75) is 6.42 Å². The van der Waals surface area contributed by atoms with Crippen LogP contribution in [0.3, 0.4) is 0 Å². The van der Waals surface area contributed by atoms with E-state index in [2.05, 4.69) is 34.5 Å².